The van der Waals surface area contributed by atoms with Gasteiger partial charge in [0, 0.05) is 55.7 Å². The molecule has 0 aliphatic rings. The summed E-state index contributed by atoms with van der Waals surface area (Å²) in [5, 5.41) is 8.81. The minimum atomic E-state index is -2.31. The fraction of sp³-hybridized carbons (Fsp3) is 0.185. The van der Waals surface area contributed by atoms with E-state index >= 15 is 0 Å². The molecule has 60 heavy (non-hydrogen) atoms. The van der Waals surface area contributed by atoms with Gasteiger partial charge in [-0.3, -0.25) is 4.57 Å². The lowest BCUT2D eigenvalue weighted by Gasteiger charge is -2.22. The highest BCUT2D eigenvalue weighted by Gasteiger charge is 2.21. The van der Waals surface area contributed by atoms with Gasteiger partial charge in [-0.1, -0.05) is 114 Å². The summed E-state index contributed by atoms with van der Waals surface area (Å²) in [4.78, 5) is 4.91. The molecular weight excluding hydrogens is 737 g/mol. The SMILES string of the molecule is [2H]C([2H])([2H])c1cc(C(C)(C)C)cc(C)c1-c1ccnc(-n2c3ccccc3c3ccc(Oc4cc(-n5cc(-c6ccc(C(C)(C)C)cc6)cn5)cc5c4oc4ccccc45)cc32)c1. The topological polar surface area (TPSA) is 58.0 Å². The largest absolute Gasteiger partial charge is 0.453 e. The van der Waals surface area contributed by atoms with Crippen LogP contribution in [0.1, 0.15) is 67.9 Å². The van der Waals surface area contributed by atoms with Crippen LogP contribution in [0.3, 0.4) is 0 Å². The number of pyridine rings is 1. The van der Waals surface area contributed by atoms with Crippen LogP contribution >= 0.6 is 0 Å². The molecule has 6 nitrogen and oxygen atoms in total. The van der Waals surface area contributed by atoms with E-state index in [4.69, 9.17) is 23.3 Å². The van der Waals surface area contributed by atoms with Gasteiger partial charge in [-0.15, -0.1) is 0 Å². The number of hydrogen-bond donors (Lipinski definition) is 0. The Bertz CT molecular complexity index is 3390. The maximum absolute atomic E-state index is 8.58. The lowest BCUT2D eigenvalue weighted by Crippen LogP contribution is -2.12. The molecule has 0 saturated carbocycles. The molecule has 6 heteroatoms. The third-order valence-electron chi connectivity index (χ3n) is 11.7. The fourth-order valence-corrected chi connectivity index (χ4v) is 8.45. The summed E-state index contributed by atoms with van der Waals surface area (Å²) in [5.41, 5.74) is 11.0. The monoisotopic (exact) mass is 787 g/mol. The number of aryl methyl sites for hydroxylation is 2. The molecule has 4 aromatic heterocycles. The Morgan fingerprint density at radius 1 is 0.633 bits per heavy atom. The fourth-order valence-electron chi connectivity index (χ4n) is 8.45. The van der Waals surface area contributed by atoms with Crippen LogP contribution in [0.4, 0.5) is 0 Å². The van der Waals surface area contributed by atoms with Gasteiger partial charge >= 0.3 is 0 Å². The molecule has 0 spiro atoms. The van der Waals surface area contributed by atoms with Crippen molar-refractivity contribution in [2.24, 2.45) is 0 Å². The maximum atomic E-state index is 8.58. The molecule has 6 aromatic carbocycles. The summed E-state index contributed by atoms with van der Waals surface area (Å²) in [5.74, 6) is 1.83. The first-order valence-electron chi connectivity index (χ1n) is 22.0. The molecular formula is C54H48N4O2. The van der Waals surface area contributed by atoms with Gasteiger partial charge in [-0.2, -0.15) is 5.10 Å². The number of furan rings is 1. The van der Waals surface area contributed by atoms with Gasteiger partial charge in [0.1, 0.15) is 17.2 Å². The Labute approximate surface area is 354 Å². The van der Waals surface area contributed by atoms with E-state index in [-0.39, 0.29) is 10.8 Å². The number of rotatable bonds is 6. The van der Waals surface area contributed by atoms with E-state index in [1.54, 1.807) is 6.20 Å². The average molecular weight is 788 g/mol. The van der Waals surface area contributed by atoms with Crippen molar-refractivity contribution in [2.45, 2.75) is 66.1 Å². The molecule has 0 aliphatic carbocycles. The number of fused-ring (bicyclic) bond motifs is 6. The van der Waals surface area contributed by atoms with E-state index in [1.807, 2.05) is 90.7 Å². The standard InChI is InChI=1S/C54H48N4O2/c1-33-25-39(54(6,7)8)26-34(2)51(33)36-23-24-55-50(27-36)58-46-15-11-9-13-42(46)43-22-21-41(30-47(43)58)59-49-29-40(28-45-44-14-10-12-16-48(44)60-52(45)49)57-32-37(31-56-57)35-17-19-38(20-18-35)53(3,4)5/h9-32H,1-8H3/i1D3. The molecule has 10 rings (SSSR count). The van der Waals surface area contributed by atoms with Crippen molar-refractivity contribution in [3.63, 3.8) is 0 Å². The third kappa shape index (κ3) is 6.44. The zero-order chi connectivity index (χ0) is 44.0. The number of nitrogens with zero attached hydrogens (tertiary/aromatic N) is 4. The van der Waals surface area contributed by atoms with Crippen LogP contribution < -0.4 is 4.74 Å². The van der Waals surface area contributed by atoms with Crippen molar-refractivity contribution in [1.82, 2.24) is 19.3 Å². The van der Waals surface area contributed by atoms with Crippen molar-refractivity contribution in [3.8, 4) is 45.3 Å². The van der Waals surface area contributed by atoms with Crippen LogP contribution in [0.5, 0.6) is 11.5 Å². The molecule has 0 N–H and O–H groups in total. The Morgan fingerprint density at radius 2 is 1.37 bits per heavy atom. The van der Waals surface area contributed by atoms with Crippen molar-refractivity contribution in [1.29, 1.82) is 0 Å². The van der Waals surface area contributed by atoms with E-state index in [9.17, 15) is 0 Å². The maximum Gasteiger partial charge on any atom is 0.178 e. The molecule has 0 radical (unpaired) electrons. The lowest BCUT2D eigenvalue weighted by atomic mass is 9.83. The Hall–Kier alpha value is -6.92. The second-order valence-corrected chi connectivity index (χ2v) is 17.9. The van der Waals surface area contributed by atoms with Gasteiger partial charge in [0.15, 0.2) is 11.3 Å². The zero-order valence-corrected chi connectivity index (χ0v) is 35.0. The lowest BCUT2D eigenvalue weighted by molar-refractivity contribution is 0.476. The highest BCUT2D eigenvalue weighted by atomic mass is 16.5. The Kier molecular flexibility index (Phi) is 7.84. The second-order valence-electron chi connectivity index (χ2n) is 17.9. The quantitative estimate of drug-likeness (QED) is 0.168. The number of hydrogen-bond acceptors (Lipinski definition) is 4. The average Bonchev–Trinajstić information content (AvgIpc) is 3.97. The summed E-state index contributed by atoms with van der Waals surface area (Å²) in [6.07, 6.45) is 5.70. The number of aromatic nitrogens is 4. The molecule has 0 atom stereocenters. The van der Waals surface area contributed by atoms with Crippen molar-refractivity contribution in [3.05, 3.63) is 168 Å². The molecule has 0 bridgehead atoms. The molecule has 0 fully saturated rings. The summed E-state index contributed by atoms with van der Waals surface area (Å²) in [6.45, 7) is 12.7. The van der Waals surface area contributed by atoms with Crippen molar-refractivity contribution in [2.75, 3.05) is 0 Å². The molecule has 0 saturated heterocycles. The number of ether oxygens (including phenoxy) is 1. The summed E-state index contributed by atoms with van der Waals surface area (Å²) >= 11 is 0. The van der Waals surface area contributed by atoms with Gasteiger partial charge < -0.3 is 9.15 Å². The zero-order valence-electron chi connectivity index (χ0n) is 38.0. The van der Waals surface area contributed by atoms with E-state index < -0.39 is 6.85 Å². The van der Waals surface area contributed by atoms with Crippen LogP contribution in [0.2, 0.25) is 0 Å². The number of para-hydroxylation sites is 2. The highest BCUT2D eigenvalue weighted by molar-refractivity contribution is 6.10. The van der Waals surface area contributed by atoms with E-state index in [1.165, 1.54) is 5.56 Å². The van der Waals surface area contributed by atoms with Crippen LogP contribution in [0, 0.1) is 13.8 Å². The van der Waals surface area contributed by atoms with Crippen LogP contribution in [0.25, 0.3) is 77.5 Å². The summed E-state index contributed by atoms with van der Waals surface area (Å²) in [7, 11) is 0. The normalized spacial score (nSPS) is 13.3. The predicted octanol–water partition coefficient (Wildman–Crippen LogP) is 14.6. The van der Waals surface area contributed by atoms with Gasteiger partial charge in [0.05, 0.1) is 22.9 Å². The third-order valence-corrected chi connectivity index (χ3v) is 11.7. The minimum absolute atomic E-state index is 0.0663. The van der Waals surface area contributed by atoms with E-state index in [0.717, 1.165) is 71.7 Å². The van der Waals surface area contributed by atoms with Gasteiger partial charge in [-0.25, -0.2) is 9.67 Å². The van der Waals surface area contributed by atoms with Gasteiger partial charge in [0.25, 0.3) is 0 Å². The van der Waals surface area contributed by atoms with Crippen molar-refractivity contribution < 1.29 is 13.3 Å². The first-order chi connectivity index (χ1) is 30.0. The molecule has 296 valence electrons. The Balaban J connectivity index is 1.09. The molecule has 0 aliphatic heterocycles. The second kappa shape index (κ2) is 13.8. The highest BCUT2D eigenvalue weighted by Crippen LogP contribution is 2.42. The predicted molar refractivity (Wildman–Crippen MR) is 247 cm³/mol. The van der Waals surface area contributed by atoms with E-state index in [0.29, 0.717) is 34.0 Å². The van der Waals surface area contributed by atoms with Crippen LogP contribution in [-0.2, 0) is 10.8 Å². The Morgan fingerprint density at radius 3 is 2.15 bits per heavy atom. The molecule has 0 amide bonds. The summed E-state index contributed by atoms with van der Waals surface area (Å²) in [6, 6.07) is 43.0. The summed E-state index contributed by atoms with van der Waals surface area (Å²) < 4.78 is 43.1. The van der Waals surface area contributed by atoms with Gasteiger partial charge in [-0.05, 0) is 106 Å². The molecule has 10 aromatic rings. The molecule has 0 unspecified atom stereocenters. The first-order valence-corrected chi connectivity index (χ1v) is 20.5. The first kappa shape index (κ1) is 34.0. The van der Waals surface area contributed by atoms with Crippen LogP contribution in [0.15, 0.2) is 150 Å². The smallest absolute Gasteiger partial charge is 0.178 e. The minimum Gasteiger partial charge on any atom is -0.453 e. The van der Waals surface area contributed by atoms with E-state index in [2.05, 4.69) is 107 Å². The van der Waals surface area contributed by atoms with Gasteiger partial charge in [0.2, 0.25) is 0 Å². The van der Waals surface area contributed by atoms with Crippen LogP contribution in [-0.4, -0.2) is 19.3 Å². The van der Waals surface area contributed by atoms with Crippen molar-refractivity contribution >= 4 is 43.7 Å². The molecule has 4 heterocycles. The number of benzene rings is 6.